The van der Waals surface area contributed by atoms with Crippen LogP contribution in [-0.4, -0.2) is 25.2 Å². The Morgan fingerprint density at radius 1 is 0.651 bits per heavy atom. The second-order valence-electron chi connectivity index (χ2n) is 11.1. The van der Waals surface area contributed by atoms with Crippen LogP contribution in [0.1, 0.15) is 59.5 Å². The van der Waals surface area contributed by atoms with Gasteiger partial charge in [-0.2, -0.15) is 0 Å². The van der Waals surface area contributed by atoms with Gasteiger partial charge in [0.25, 0.3) is 0 Å². The summed E-state index contributed by atoms with van der Waals surface area (Å²) in [7, 11) is 0. The Morgan fingerprint density at radius 2 is 1.19 bits per heavy atom. The lowest BCUT2D eigenvalue weighted by molar-refractivity contribution is 0.0513. The summed E-state index contributed by atoms with van der Waals surface area (Å²) in [6.07, 6.45) is 0. The zero-order chi connectivity index (χ0) is 30.6. The SMILES string of the molecule is CCOC(=O)c1cc(-c2ccc3ccccc3c2)c(C(=O)OCC)cc1-c1ccc(C(C)(C)Nc2ccc(C)cc2)cc1. The highest BCUT2D eigenvalue weighted by molar-refractivity contribution is 6.06. The van der Waals surface area contributed by atoms with Gasteiger partial charge in [-0.3, -0.25) is 0 Å². The lowest BCUT2D eigenvalue weighted by Crippen LogP contribution is -2.27. The molecular formula is C38H37NO4. The van der Waals surface area contributed by atoms with Gasteiger partial charge in [0, 0.05) is 5.69 Å². The quantitative estimate of drug-likeness (QED) is 0.179. The summed E-state index contributed by atoms with van der Waals surface area (Å²) in [6, 6.07) is 34.0. The number of carbonyl (C=O) groups is 2. The van der Waals surface area contributed by atoms with Crippen molar-refractivity contribution >= 4 is 28.4 Å². The molecule has 0 radical (unpaired) electrons. The fourth-order valence-electron chi connectivity index (χ4n) is 5.33. The molecule has 5 nitrogen and oxygen atoms in total. The van der Waals surface area contributed by atoms with Crippen LogP contribution in [0, 0.1) is 6.92 Å². The molecule has 0 saturated carbocycles. The summed E-state index contributed by atoms with van der Waals surface area (Å²) in [5.41, 5.74) is 6.60. The van der Waals surface area contributed by atoms with Crippen molar-refractivity contribution in [3.8, 4) is 22.3 Å². The van der Waals surface area contributed by atoms with Gasteiger partial charge in [0.1, 0.15) is 0 Å². The van der Waals surface area contributed by atoms with E-state index in [-0.39, 0.29) is 18.8 Å². The van der Waals surface area contributed by atoms with Gasteiger partial charge in [0.2, 0.25) is 0 Å². The predicted octanol–water partition coefficient (Wildman–Crippen LogP) is 9.18. The Bertz CT molecular complexity index is 1770. The van der Waals surface area contributed by atoms with Gasteiger partial charge in [-0.25, -0.2) is 9.59 Å². The lowest BCUT2D eigenvalue weighted by Gasteiger charge is -2.28. The van der Waals surface area contributed by atoms with Gasteiger partial charge >= 0.3 is 11.9 Å². The van der Waals surface area contributed by atoms with Crippen LogP contribution in [0.15, 0.2) is 103 Å². The third-order valence-corrected chi connectivity index (χ3v) is 7.63. The average molecular weight is 572 g/mol. The number of hydrogen-bond acceptors (Lipinski definition) is 5. The van der Waals surface area contributed by atoms with Crippen molar-refractivity contribution in [2.45, 2.75) is 40.2 Å². The number of benzene rings is 5. The van der Waals surface area contributed by atoms with Crippen LogP contribution in [0.3, 0.4) is 0 Å². The molecule has 5 heteroatoms. The van der Waals surface area contributed by atoms with E-state index in [2.05, 4.69) is 50.4 Å². The highest BCUT2D eigenvalue weighted by Crippen LogP contribution is 2.36. The Balaban J connectivity index is 1.61. The van der Waals surface area contributed by atoms with Gasteiger partial charge in [-0.15, -0.1) is 0 Å². The number of aryl methyl sites for hydroxylation is 1. The molecule has 1 N–H and O–H groups in total. The number of hydrogen-bond donors (Lipinski definition) is 1. The highest BCUT2D eigenvalue weighted by atomic mass is 16.5. The van der Waals surface area contributed by atoms with Crippen molar-refractivity contribution in [3.05, 3.63) is 125 Å². The van der Waals surface area contributed by atoms with Crippen molar-refractivity contribution in [2.24, 2.45) is 0 Å². The summed E-state index contributed by atoms with van der Waals surface area (Å²) < 4.78 is 11.0. The summed E-state index contributed by atoms with van der Waals surface area (Å²) in [5, 5.41) is 5.73. The molecule has 0 heterocycles. The summed E-state index contributed by atoms with van der Waals surface area (Å²) in [4.78, 5) is 26.7. The lowest BCUT2D eigenvalue weighted by atomic mass is 9.88. The molecule has 0 aliphatic carbocycles. The molecule has 43 heavy (non-hydrogen) atoms. The minimum absolute atomic E-state index is 0.237. The maximum absolute atomic E-state index is 13.3. The summed E-state index contributed by atoms with van der Waals surface area (Å²) in [5.74, 6) is -0.886. The molecule has 0 fully saturated rings. The van der Waals surface area contributed by atoms with Gasteiger partial charge in [-0.1, -0.05) is 78.4 Å². The van der Waals surface area contributed by atoms with Crippen LogP contribution in [0.2, 0.25) is 0 Å². The largest absolute Gasteiger partial charge is 0.462 e. The van der Waals surface area contributed by atoms with Crippen LogP contribution in [0.5, 0.6) is 0 Å². The van der Waals surface area contributed by atoms with Gasteiger partial charge < -0.3 is 14.8 Å². The molecule has 0 unspecified atom stereocenters. The Hall–Kier alpha value is -4.90. The Morgan fingerprint density at radius 3 is 1.77 bits per heavy atom. The first-order chi connectivity index (χ1) is 20.7. The second kappa shape index (κ2) is 12.5. The molecular weight excluding hydrogens is 534 g/mol. The van der Waals surface area contributed by atoms with Crippen molar-refractivity contribution in [1.82, 2.24) is 0 Å². The number of ether oxygens (including phenoxy) is 2. The molecule has 0 atom stereocenters. The molecule has 5 aromatic rings. The van der Waals surface area contributed by atoms with E-state index in [0.717, 1.165) is 33.2 Å². The van der Waals surface area contributed by atoms with Crippen molar-refractivity contribution < 1.29 is 19.1 Å². The van der Waals surface area contributed by atoms with E-state index in [4.69, 9.17) is 9.47 Å². The summed E-state index contributed by atoms with van der Waals surface area (Å²) in [6.45, 7) is 10.4. The van der Waals surface area contributed by atoms with E-state index in [0.29, 0.717) is 22.3 Å². The predicted molar refractivity (Wildman–Crippen MR) is 175 cm³/mol. The Labute approximate surface area is 253 Å². The molecule has 0 aromatic heterocycles. The van der Waals surface area contributed by atoms with Crippen LogP contribution < -0.4 is 5.32 Å². The second-order valence-corrected chi connectivity index (χ2v) is 11.1. The van der Waals surface area contributed by atoms with Crippen LogP contribution >= 0.6 is 0 Å². The molecule has 0 amide bonds. The van der Waals surface area contributed by atoms with E-state index in [9.17, 15) is 9.59 Å². The molecule has 0 saturated heterocycles. The van der Waals surface area contributed by atoms with E-state index in [1.54, 1.807) is 26.0 Å². The van der Waals surface area contributed by atoms with Gasteiger partial charge in [0.05, 0.1) is 29.9 Å². The van der Waals surface area contributed by atoms with Gasteiger partial charge in [-0.05, 0) is 104 Å². The van der Waals surface area contributed by atoms with Crippen molar-refractivity contribution in [1.29, 1.82) is 0 Å². The number of fused-ring (bicyclic) bond motifs is 1. The smallest absolute Gasteiger partial charge is 0.338 e. The maximum Gasteiger partial charge on any atom is 0.338 e. The first kappa shape index (κ1) is 29.6. The fraction of sp³-hybridized carbons (Fsp3) is 0.211. The van der Waals surface area contributed by atoms with Crippen LogP contribution in [0.25, 0.3) is 33.0 Å². The molecule has 0 spiro atoms. The summed E-state index contributed by atoms with van der Waals surface area (Å²) >= 11 is 0. The first-order valence-corrected chi connectivity index (χ1v) is 14.7. The normalized spacial score (nSPS) is 11.3. The molecule has 218 valence electrons. The molecule has 0 aliphatic rings. The van der Waals surface area contributed by atoms with Crippen LogP contribution in [0.4, 0.5) is 5.69 Å². The molecule has 5 aromatic carbocycles. The highest BCUT2D eigenvalue weighted by Gasteiger charge is 2.24. The first-order valence-electron chi connectivity index (χ1n) is 14.7. The zero-order valence-electron chi connectivity index (χ0n) is 25.4. The minimum atomic E-state index is -0.444. The average Bonchev–Trinajstić information content (AvgIpc) is 3.01. The number of anilines is 1. The number of nitrogens with one attached hydrogen (secondary N) is 1. The third-order valence-electron chi connectivity index (χ3n) is 7.63. The minimum Gasteiger partial charge on any atom is -0.462 e. The number of carbonyl (C=O) groups excluding carboxylic acids is 2. The van der Waals surface area contributed by atoms with E-state index in [1.807, 2.05) is 66.7 Å². The van der Waals surface area contributed by atoms with E-state index < -0.39 is 11.9 Å². The van der Waals surface area contributed by atoms with Crippen molar-refractivity contribution in [2.75, 3.05) is 18.5 Å². The van der Waals surface area contributed by atoms with E-state index in [1.165, 1.54) is 5.56 Å². The number of rotatable bonds is 9. The zero-order valence-corrected chi connectivity index (χ0v) is 25.4. The third kappa shape index (κ3) is 6.46. The van der Waals surface area contributed by atoms with Crippen molar-refractivity contribution in [3.63, 3.8) is 0 Å². The molecule has 0 aliphatic heterocycles. The number of esters is 2. The van der Waals surface area contributed by atoms with Crippen LogP contribution in [-0.2, 0) is 15.0 Å². The standard InChI is InChI=1S/C38H37NO4/c1-6-42-36(40)34-24-33(29-15-14-26-10-8-9-11-28(26)22-29)35(37(41)43-7-2)23-32(34)27-16-18-30(19-17-27)38(4,5)39-31-20-12-25(3)13-21-31/h8-24,39H,6-7H2,1-5H3. The molecule has 5 rings (SSSR count). The molecule has 0 bridgehead atoms. The fourth-order valence-corrected chi connectivity index (χ4v) is 5.33. The maximum atomic E-state index is 13.3. The monoisotopic (exact) mass is 571 g/mol. The van der Waals surface area contributed by atoms with Gasteiger partial charge in [0.15, 0.2) is 0 Å². The van der Waals surface area contributed by atoms with E-state index >= 15 is 0 Å². The topological polar surface area (TPSA) is 64.6 Å². The Kier molecular flexibility index (Phi) is 8.63.